The van der Waals surface area contributed by atoms with Crippen LogP contribution in [0, 0.1) is 11.7 Å². The molecule has 6 rings (SSSR count). The number of likely N-dealkylation sites (tertiary alicyclic amines) is 1. The number of allylic oxidation sites excluding steroid dienone is 3. The van der Waals surface area contributed by atoms with Crippen molar-refractivity contribution in [2.24, 2.45) is 5.92 Å². The van der Waals surface area contributed by atoms with Gasteiger partial charge in [0.1, 0.15) is 12.4 Å². The number of rotatable bonds is 5. The van der Waals surface area contributed by atoms with E-state index in [9.17, 15) is 23.6 Å². The summed E-state index contributed by atoms with van der Waals surface area (Å²) in [6.07, 6.45) is 7.23. The molecule has 1 aromatic carbocycles. The van der Waals surface area contributed by atoms with E-state index in [1.807, 2.05) is 6.92 Å². The van der Waals surface area contributed by atoms with Crippen LogP contribution in [-0.2, 0) is 14.3 Å². The summed E-state index contributed by atoms with van der Waals surface area (Å²) >= 11 is 0. The molecule has 2 saturated carbocycles. The van der Waals surface area contributed by atoms with Crippen LogP contribution in [0.5, 0.6) is 0 Å². The van der Waals surface area contributed by atoms with E-state index in [-0.39, 0.29) is 60.5 Å². The second-order valence-corrected chi connectivity index (χ2v) is 11.0. The average Bonchev–Trinajstić information content (AvgIpc) is 3.37. The first-order valence-electron chi connectivity index (χ1n) is 13.3. The number of carbonyl (C=O) groups excluding carboxylic acids is 4. The topological polar surface area (TPSA) is 108 Å². The minimum absolute atomic E-state index is 0.00663. The number of amides is 4. The van der Waals surface area contributed by atoms with Crippen molar-refractivity contribution >= 4 is 23.8 Å². The highest BCUT2D eigenvalue weighted by atomic mass is 19.1. The van der Waals surface area contributed by atoms with Gasteiger partial charge in [0.15, 0.2) is 11.4 Å². The molecule has 38 heavy (non-hydrogen) atoms. The molecule has 1 unspecified atom stereocenters. The Balaban J connectivity index is 1.15. The average molecular weight is 523 g/mol. The molecule has 1 aromatic rings. The summed E-state index contributed by atoms with van der Waals surface area (Å²) in [6, 6.07) is 5.81. The predicted molar refractivity (Wildman–Crippen MR) is 134 cm³/mol. The normalized spacial score (nSPS) is 30.2. The van der Waals surface area contributed by atoms with Gasteiger partial charge in [0, 0.05) is 18.0 Å². The zero-order valence-electron chi connectivity index (χ0n) is 21.2. The van der Waals surface area contributed by atoms with Crippen molar-refractivity contribution in [3.8, 4) is 0 Å². The van der Waals surface area contributed by atoms with Crippen LogP contribution in [0.4, 0.5) is 14.0 Å². The van der Waals surface area contributed by atoms with Crippen LogP contribution in [0.2, 0.25) is 0 Å². The number of Topliss-reactive ketones (excluding diaryl/α,β-unsaturated/α-hetero) is 1. The molecule has 3 aliphatic carbocycles. The number of carbonyl (C=O) groups is 4. The van der Waals surface area contributed by atoms with E-state index in [0.29, 0.717) is 12.8 Å². The number of hydrogen-bond acceptors (Lipinski definition) is 5. The number of hydrogen-bond donors (Lipinski definition) is 2. The zero-order chi connectivity index (χ0) is 26.6. The number of urea groups is 1. The van der Waals surface area contributed by atoms with E-state index in [1.54, 1.807) is 29.2 Å². The van der Waals surface area contributed by atoms with Crippen molar-refractivity contribution in [2.75, 3.05) is 13.1 Å². The molecule has 0 bridgehead atoms. The molecule has 4 atom stereocenters. The number of halogens is 1. The Morgan fingerprint density at radius 1 is 1.08 bits per heavy atom. The molecule has 1 spiro atoms. The molecule has 10 heteroatoms. The molecular formula is C28H31FN4O5. The van der Waals surface area contributed by atoms with Crippen LogP contribution >= 0.6 is 0 Å². The Morgan fingerprint density at radius 3 is 2.58 bits per heavy atom. The molecule has 2 N–H and O–H groups in total. The van der Waals surface area contributed by atoms with Crippen LogP contribution in [0.25, 0.3) is 0 Å². The molecule has 4 fully saturated rings. The molecule has 2 saturated heterocycles. The predicted octanol–water partition coefficient (Wildman–Crippen LogP) is 3.33. The van der Waals surface area contributed by atoms with Gasteiger partial charge in [-0.15, -0.1) is 0 Å². The van der Waals surface area contributed by atoms with Crippen molar-refractivity contribution in [3.63, 3.8) is 0 Å². The van der Waals surface area contributed by atoms with Gasteiger partial charge in [-0.05, 0) is 74.8 Å². The fourth-order valence-corrected chi connectivity index (χ4v) is 6.35. The van der Waals surface area contributed by atoms with E-state index in [1.165, 1.54) is 17.0 Å². The van der Waals surface area contributed by atoms with E-state index in [0.717, 1.165) is 36.8 Å². The SMILES string of the molecule is C[C@H]1CC[C@@H](c2ccc(F)cc2)N1C(=O)CN1C[C@]2(CCC3C(=O)C(NC(=O)NC4CC4)=CC=C32)OC1=O. The van der Waals surface area contributed by atoms with Crippen LogP contribution < -0.4 is 10.6 Å². The van der Waals surface area contributed by atoms with Gasteiger partial charge >= 0.3 is 12.1 Å². The quantitative estimate of drug-likeness (QED) is 0.617. The second-order valence-electron chi connectivity index (χ2n) is 11.0. The fraction of sp³-hybridized carbons (Fsp3) is 0.500. The molecule has 200 valence electrons. The monoisotopic (exact) mass is 522 g/mol. The first-order valence-corrected chi connectivity index (χ1v) is 13.3. The lowest BCUT2D eigenvalue weighted by Gasteiger charge is -2.30. The lowest BCUT2D eigenvalue weighted by atomic mass is 9.85. The second kappa shape index (κ2) is 9.25. The summed E-state index contributed by atoms with van der Waals surface area (Å²) in [5.41, 5.74) is 0.872. The van der Waals surface area contributed by atoms with Crippen molar-refractivity contribution in [3.05, 3.63) is 59.1 Å². The van der Waals surface area contributed by atoms with Gasteiger partial charge in [0.05, 0.1) is 18.3 Å². The van der Waals surface area contributed by atoms with E-state index in [4.69, 9.17) is 4.74 Å². The van der Waals surface area contributed by atoms with Gasteiger partial charge in [-0.1, -0.05) is 18.2 Å². The highest BCUT2D eigenvalue weighted by Crippen LogP contribution is 2.48. The highest BCUT2D eigenvalue weighted by molar-refractivity contribution is 6.03. The maximum absolute atomic E-state index is 13.5. The molecule has 4 amide bonds. The van der Waals surface area contributed by atoms with Gasteiger partial charge in [0.2, 0.25) is 5.91 Å². The van der Waals surface area contributed by atoms with Gasteiger partial charge in [-0.2, -0.15) is 0 Å². The molecular weight excluding hydrogens is 491 g/mol. The number of benzene rings is 1. The van der Waals surface area contributed by atoms with Gasteiger partial charge < -0.3 is 20.3 Å². The Hall–Kier alpha value is -3.69. The van der Waals surface area contributed by atoms with E-state index in [2.05, 4.69) is 10.6 Å². The van der Waals surface area contributed by atoms with Crippen molar-refractivity contribution in [2.45, 2.75) is 69.2 Å². The molecule has 0 aromatic heterocycles. The summed E-state index contributed by atoms with van der Waals surface area (Å²) in [4.78, 5) is 54.9. The number of nitrogens with one attached hydrogen (secondary N) is 2. The van der Waals surface area contributed by atoms with Crippen molar-refractivity contribution < 1.29 is 28.3 Å². The maximum atomic E-state index is 13.5. The van der Waals surface area contributed by atoms with Crippen molar-refractivity contribution in [1.82, 2.24) is 20.4 Å². The minimum atomic E-state index is -0.955. The third kappa shape index (κ3) is 4.35. The third-order valence-corrected chi connectivity index (χ3v) is 8.44. The van der Waals surface area contributed by atoms with Crippen LogP contribution in [-0.4, -0.2) is 64.4 Å². The third-order valence-electron chi connectivity index (χ3n) is 8.44. The molecule has 2 heterocycles. The van der Waals surface area contributed by atoms with E-state index >= 15 is 0 Å². The van der Waals surface area contributed by atoms with Crippen LogP contribution in [0.3, 0.4) is 0 Å². The molecule has 5 aliphatic rings. The summed E-state index contributed by atoms with van der Waals surface area (Å²) in [6.45, 7) is 2.04. The first kappa shape index (κ1) is 24.6. The van der Waals surface area contributed by atoms with Crippen LogP contribution in [0.1, 0.15) is 57.1 Å². The largest absolute Gasteiger partial charge is 0.436 e. The summed E-state index contributed by atoms with van der Waals surface area (Å²) < 4.78 is 19.3. The lowest BCUT2D eigenvalue weighted by molar-refractivity contribution is -0.134. The Morgan fingerprint density at radius 2 is 1.84 bits per heavy atom. The van der Waals surface area contributed by atoms with E-state index < -0.39 is 17.6 Å². The van der Waals surface area contributed by atoms with Gasteiger partial charge in [0.25, 0.3) is 0 Å². The smallest absolute Gasteiger partial charge is 0.411 e. The molecule has 2 aliphatic heterocycles. The number of ketones is 1. The Bertz CT molecular complexity index is 1260. The standard InChI is InChI=1S/C28H31FN4O5/c1-16-2-11-23(17-3-5-18(29)6-4-17)33(16)24(34)14-32-15-28(38-27(32)37)13-12-20-21(28)9-10-22(25(20)35)31-26(36)30-19-7-8-19/h3-6,9-10,16,19-20,23H,2,7-8,11-15H2,1H3,(H2,30,31,36)/t16-,20?,23-,28-/m0/s1. The first-order chi connectivity index (χ1) is 18.2. The van der Waals surface area contributed by atoms with Crippen molar-refractivity contribution in [1.29, 1.82) is 0 Å². The highest BCUT2D eigenvalue weighted by Gasteiger charge is 2.56. The number of ether oxygens (including phenoxy) is 1. The fourth-order valence-electron chi connectivity index (χ4n) is 6.35. The van der Waals surface area contributed by atoms with Gasteiger partial charge in [-0.3, -0.25) is 14.5 Å². The molecule has 9 nitrogen and oxygen atoms in total. The lowest BCUT2D eigenvalue weighted by Crippen LogP contribution is -2.44. The molecule has 0 radical (unpaired) electrons. The summed E-state index contributed by atoms with van der Waals surface area (Å²) in [5, 5.41) is 5.47. The minimum Gasteiger partial charge on any atom is -0.436 e. The van der Waals surface area contributed by atoms with Gasteiger partial charge in [-0.25, -0.2) is 14.0 Å². The Labute approximate surface area is 220 Å². The Kier molecular flexibility index (Phi) is 6.00. The number of fused-ring (bicyclic) bond motifs is 2. The summed E-state index contributed by atoms with van der Waals surface area (Å²) in [7, 11) is 0. The van der Waals surface area contributed by atoms with Crippen LogP contribution in [0.15, 0.2) is 47.7 Å². The summed E-state index contributed by atoms with van der Waals surface area (Å²) in [5.74, 6) is -1.17. The zero-order valence-corrected chi connectivity index (χ0v) is 21.2. The number of nitrogens with zero attached hydrogens (tertiary/aromatic N) is 2. The maximum Gasteiger partial charge on any atom is 0.411 e.